The van der Waals surface area contributed by atoms with Gasteiger partial charge < -0.3 is 0 Å². The molecule has 5 aromatic rings. The molecule has 2 aromatic carbocycles. The first-order valence-corrected chi connectivity index (χ1v) is 9.26. The summed E-state index contributed by atoms with van der Waals surface area (Å²) in [5.74, 6) is 0. The minimum Gasteiger partial charge on any atom is -0.274 e. The minimum atomic E-state index is 0.0638. The van der Waals surface area contributed by atoms with Crippen LogP contribution in [0.15, 0.2) is 71.7 Å². The quantitative estimate of drug-likeness (QED) is 0.424. The van der Waals surface area contributed by atoms with Crippen molar-refractivity contribution in [3.05, 3.63) is 88.4 Å². The molecule has 0 fully saturated rings. The van der Waals surface area contributed by atoms with Gasteiger partial charge in [-0.3, -0.25) is 14.2 Å². The average molecular weight is 348 g/mol. The molecule has 3 heteroatoms. The van der Waals surface area contributed by atoms with Crippen molar-refractivity contribution in [1.29, 1.82) is 0 Å². The van der Waals surface area contributed by atoms with Gasteiger partial charge in [0.05, 0.1) is 16.6 Å². The predicted octanol–water partition coefficient (Wildman–Crippen LogP) is 5.07. The van der Waals surface area contributed by atoms with Crippen LogP contribution in [0.4, 0.5) is 0 Å². The Hall–Kier alpha value is -3.46. The molecule has 0 atom stereocenters. The normalized spacial score (nSPS) is 13.6. The van der Waals surface area contributed by atoms with Crippen LogP contribution in [-0.4, -0.2) is 9.38 Å². The van der Waals surface area contributed by atoms with Gasteiger partial charge in [0.2, 0.25) is 0 Å². The maximum Gasteiger partial charge on any atom is 0.263 e. The summed E-state index contributed by atoms with van der Waals surface area (Å²) in [7, 11) is 0. The molecular weight excluding hydrogens is 332 g/mol. The van der Waals surface area contributed by atoms with E-state index in [0.717, 1.165) is 56.9 Å². The number of fused-ring (bicyclic) bond motifs is 5. The summed E-state index contributed by atoms with van der Waals surface area (Å²) in [5, 5.41) is 2.20. The number of benzene rings is 2. The van der Waals surface area contributed by atoms with Crippen LogP contribution >= 0.6 is 0 Å². The summed E-state index contributed by atoms with van der Waals surface area (Å²) < 4.78 is 1.86. The van der Waals surface area contributed by atoms with Crippen LogP contribution in [0.2, 0.25) is 0 Å². The average Bonchev–Trinajstić information content (AvgIpc) is 3.07. The van der Waals surface area contributed by atoms with Gasteiger partial charge in [-0.05, 0) is 47.7 Å². The lowest BCUT2D eigenvalue weighted by molar-refractivity contribution is 0.972. The predicted molar refractivity (Wildman–Crippen MR) is 110 cm³/mol. The number of hydrogen-bond donors (Lipinski definition) is 0. The van der Waals surface area contributed by atoms with Crippen LogP contribution in [0.1, 0.15) is 17.5 Å². The molecule has 128 valence electrons. The smallest absolute Gasteiger partial charge is 0.263 e. The lowest BCUT2D eigenvalue weighted by Crippen LogP contribution is -2.19. The molecule has 0 radical (unpaired) electrons. The Kier molecular flexibility index (Phi) is 2.87. The molecule has 6 rings (SSSR count). The van der Waals surface area contributed by atoms with Crippen LogP contribution in [0.3, 0.4) is 0 Å². The van der Waals surface area contributed by atoms with Crippen LogP contribution in [0.25, 0.3) is 44.5 Å². The summed E-state index contributed by atoms with van der Waals surface area (Å²) in [5.41, 5.74) is 7.15. The van der Waals surface area contributed by atoms with Crippen molar-refractivity contribution >= 4 is 33.4 Å². The van der Waals surface area contributed by atoms with Crippen LogP contribution in [0, 0.1) is 0 Å². The number of aryl methyl sites for hydroxylation is 1. The van der Waals surface area contributed by atoms with Crippen molar-refractivity contribution in [2.75, 3.05) is 0 Å². The third-order valence-corrected chi connectivity index (χ3v) is 5.67. The highest BCUT2D eigenvalue weighted by atomic mass is 16.1. The Morgan fingerprint density at radius 3 is 2.70 bits per heavy atom. The number of aromatic nitrogens is 2. The Balaban J connectivity index is 1.81. The SMILES string of the molecule is O=c1c2c(c3nccc4c5cc(-c6ccccc6)ccc5n1c34)CCC=C2. The van der Waals surface area contributed by atoms with E-state index in [1.165, 1.54) is 5.56 Å². The summed E-state index contributed by atoms with van der Waals surface area (Å²) in [6, 6.07) is 18.7. The van der Waals surface area contributed by atoms with Crippen molar-refractivity contribution in [3.63, 3.8) is 0 Å². The van der Waals surface area contributed by atoms with E-state index in [-0.39, 0.29) is 5.56 Å². The fourth-order valence-electron chi connectivity index (χ4n) is 4.44. The Bertz CT molecular complexity index is 1430. The third-order valence-electron chi connectivity index (χ3n) is 5.67. The van der Waals surface area contributed by atoms with Crippen molar-refractivity contribution in [2.45, 2.75) is 12.8 Å². The zero-order valence-corrected chi connectivity index (χ0v) is 14.6. The number of pyridine rings is 2. The van der Waals surface area contributed by atoms with E-state index in [1.54, 1.807) is 0 Å². The summed E-state index contributed by atoms with van der Waals surface area (Å²) in [6.45, 7) is 0. The topological polar surface area (TPSA) is 34.4 Å². The highest BCUT2D eigenvalue weighted by Crippen LogP contribution is 2.35. The standard InChI is InChI=1S/C24H16N2O/c27-24-19-9-5-4-8-17(19)22-23-18(12-13-25-22)20-14-16(10-11-21(20)26(23)24)15-6-2-1-3-7-15/h1-3,5-7,9-14H,4,8H2. The number of nitrogens with zero attached hydrogens (tertiary/aromatic N) is 2. The number of allylic oxidation sites excluding steroid dienone is 1. The molecule has 0 unspecified atom stereocenters. The molecule has 0 amide bonds. The molecule has 3 aromatic heterocycles. The summed E-state index contributed by atoms with van der Waals surface area (Å²) >= 11 is 0. The molecule has 3 heterocycles. The monoisotopic (exact) mass is 348 g/mol. The maximum atomic E-state index is 13.3. The van der Waals surface area contributed by atoms with Gasteiger partial charge >= 0.3 is 0 Å². The lowest BCUT2D eigenvalue weighted by atomic mass is 9.97. The van der Waals surface area contributed by atoms with E-state index in [9.17, 15) is 4.79 Å². The number of rotatable bonds is 1. The van der Waals surface area contributed by atoms with E-state index < -0.39 is 0 Å². The Morgan fingerprint density at radius 2 is 1.81 bits per heavy atom. The van der Waals surface area contributed by atoms with Crippen LogP contribution in [-0.2, 0) is 6.42 Å². The van der Waals surface area contributed by atoms with Crippen molar-refractivity contribution in [3.8, 4) is 11.1 Å². The van der Waals surface area contributed by atoms with E-state index in [4.69, 9.17) is 0 Å². The zero-order chi connectivity index (χ0) is 18.0. The maximum absolute atomic E-state index is 13.3. The van der Waals surface area contributed by atoms with Gasteiger partial charge in [0.15, 0.2) is 0 Å². The van der Waals surface area contributed by atoms with Gasteiger partial charge in [-0.25, -0.2) is 0 Å². The van der Waals surface area contributed by atoms with Gasteiger partial charge in [-0.2, -0.15) is 0 Å². The molecule has 0 saturated heterocycles. The molecule has 1 aliphatic rings. The molecule has 0 saturated carbocycles. The fraction of sp³-hybridized carbons (Fsp3) is 0.0833. The molecule has 1 aliphatic carbocycles. The Labute approximate surface area is 155 Å². The summed E-state index contributed by atoms with van der Waals surface area (Å²) in [6.07, 6.45) is 7.76. The van der Waals surface area contributed by atoms with E-state index >= 15 is 0 Å². The molecule has 0 aliphatic heterocycles. The van der Waals surface area contributed by atoms with Gasteiger partial charge in [0.25, 0.3) is 5.56 Å². The van der Waals surface area contributed by atoms with Gasteiger partial charge in [0, 0.05) is 22.5 Å². The Morgan fingerprint density at radius 1 is 0.926 bits per heavy atom. The second kappa shape index (κ2) is 5.27. The van der Waals surface area contributed by atoms with E-state index in [0.29, 0.717) is 0 Å². The molecule has 27 heavy (non-hydrogen) atoms. The van der Waals surface area contributed by atoms with Crippen molar-refractivity contribution in [2.24, 2.45) is 0 Å². The van der Waals surface area contributed by atoms with Gasteiger partial charge in [-0.15, -0.1) is 0 Å². The second-order valence-corrected chi connectivity index (χ2v) is 7.13. The number of hydrogen-bond acceptors (Lipinski definition) is 2. The molecule has 0 spiro atoms. The molecule has 0 N–H and O–H groups in total. The molecule has 3 nitrogen and oxygen atoms in total. The van der Waals surface area contributed by atoms with E-state index in [1.807, 2.05) is 40.9 Å². The highest BCUT2D eigenvalue weighted by Gasteiger charge is 2.21. The zero-order valence-electron chi connectivity index (χ0n) is 14.6. The van der Waals surface area contributed by atoms with Crippen molar-refractivity contribution in [1.82, 2.24) is 9.38 Å². The van der Waals surface area contributed by atoms with Crippen molar-refractivity contribution < 1.29 is 0 Å². The third kappa shape index (κ3) is 1.91. The first-order valence-electron chi connectivity index (χ1n) is 9.26. The first kappa shape index (κ1) is 14.7. The lowest BCUT2D eigenvalue weighted by Gasteiger charge is -2.13. The van der Waals surface area contributed by atoms with Crippen LogP contribution in [0.5, 0.6) is 0 Å². The highest BCUT2D eigenvalue weighted by molar-refractivity contribution is 6.14. The summed E-state index contributed by atoms with van der Waals surface area (Å²) in [4.78, 5) is 18.0. The second-order valence-electron chi connectivity index (χ2n) is 7.13. The molecular formula is C24H16N2O. The largest absolute Gasteiger partial charge is 0.274 e. The first-order chi connectivity index (χ1) is 13.3. The van der Waals surface area contributed by atoms with Gasteiger partial charge in [-0.1, -0.05) is 48.6 Å². The van der Waals surface area contributed by atoms with E-state index in [2.05, 4.69) is 41.4 Å². The molecule has 0 bridgehead atoms. The minimum absolute atomic E-state index is 0.0638. The van der Waals surface area contributed by atoms with Gasteiger partial charge in [0.1, 0.15) is 0 Å². The fourth-order valence-corrected chi connectivity index (χ4v) is 4.44. The van der Waals surface area contributed by atoms with Crippen LogP contribution < -0.4 is 5.56 Å².